The SMILES string of the molecule is CCCCCCCC/C=C\CCCCCCCC(=O)[O-].NC(CC(=O)O)C(=O)O.[Na+]. The van der Waals surface area contributed by atoms with Gasteiger partial charge in [0.15, 0.2) is 0 Å². The number of carbonyl (C=O) groups excluding carboxylic acids is 1. The molecule has 0 fully saturated rings. The second-order valence-corrected chi connectivity index (χ2v) is 7.25. The van der Waals surface area contributed by atoms with Crippen molar-refractivity contribution in [3.8, 4) is 0 Å². The molecule has 0 aromatic heterocycles. The molecule has 4 N–H and O–H groups in total. The number of aliphatic carboxylic acids is 3. The molecule has 0 aromatic carbocycles. The molecule has 0 aliphatic rings. The number of carboxylic acids is 3. The van der Waals surface area contributed by atoms with Gasteiger partial charge in [-0.1, -0.05) is 70.4 Å². The zero-order chi connectivity index (χ0) is 22.3. The molecule has 0 saturated heterocycles. The van der Waals surface area contributed by atoms with Crippen LogP contribution >= 0.6 is 0 Å². The Balaban J connectivity index is -0.000000616. The first kappa shape index (κ1) is 33.7. The summed E-state index contributed by atoms with van der Waals surface area (Å²) in [6.45, 7) is 2.26. The molecule has 170 valence electrons. The van der Waals surface area contributed by atoms with E-state index in [1.165, 1.54) is 64.2 Å². The maximum absolute atomic E-state index is 10.2. The summed E-state index contributed by atoms with van der Waals surface area (Å²) in [5.41, 5.74) is 4.84. The summed E-state index contributed by atoms with van der Waals surface area (Å²) in [4.78, 5) is 29.8. The minimum absolute atomic E-state index is 0. The normalized spacial score (nSPS) is 11.3. The van der Waals surface area contributed by atoms with Gasteiger partial charge in [0.2, 0.25) is 0 Å². The van der Waals surface area contributed by atoms with E-state index in [-0.39, 0.29) is 36.0 Å². The van der Waals surface area contributed by atoms with Crippen molar-refractivity contribution in [3.05, 3.63) is 12.2 Å². The molecule has 0 aliphatic heterocycles. The van der Waals surface area contributed by atoms with Gasteiger partial charge in [-0.05, 0) is 38.5 Å². The molecule has 1 unspecified atom stereocenters. The van der Waals surface area contributed by atoms with Crippen molar-refractivity contribution in [2.24, 2.45) is 5.73 Å². The molecule has 0 spiro atoms. The van der Waals surface area contributed by atoms with Gasteiger partial charge < -0.3 is 25.8 Å². The zero-order valence-electron chi connectivity index (χ0n) is 18.9. The number of unbranched alkanes of at least 4 members (excludes halogenated alkanes) is 11. The monoisotopic (exact) mass is 437 g/mol. The Morgan fingerprint density at radius 2 is 1.27 bits per heavy atom. The van der Waals surface area contributed by atoms with Crippen molar-refractivity contribution >= 4 is 17.9 Å². The summed E-state index contributed by atoms with van der Waals surface area (Å²) in [5.74, 6) is -3.41. The first-order chi connectivity index (χ1) is 13.8. The van der Waals surface area contributed by atoms with E-state index < -0.39 is 30.4 Å². The van der Waals surface area contributed by atoms with Crippen LogP contribution in [0.1, 0.15) is 103 Å². The molecule has 0 aliphatic carbocycles. The fourth-order valence-corrected chi connectivity index (χ4v) is 2.62. The van der Waals surface area contributed by atoms with Crippen molar-refractivity contribution in [3.63, 3.8) is 0 Å². The van der Waals surface area contributed by atoms with E-state index in [0.717, 1.165) is 19.3 Å². The van der Waals surface area contributed by atoms with Crippen LogP contribution in [-0.4, -0.2) is 34.2 Å². The molecule has 0 rings (SSSR count). The number of rotatable bonds is 18. The van der Waals surface area contributed by atoms with Gasteiger partial charge in [-0.3, -0.25) is 9.59 Å². The molecule has 0 saturated carbocycles. The Hall–Kier alpha value is -0.890. The van der Waals surface area contributed by atoms with Gasteiger partial charge in [0, 0.05) is 5.97 Å². The fraction of sp³-hybridized carbons (Fsp3) is 0.773. The number of carbonyl (C=O) groups is 3. The van der Waals surface area contributed by atoms with Crippen LogP contribution < -0.4 is 40.4 Å². The van der Waals surface area contributed by atoms with Crippen LogP contribution in [0.25, 0.3) is 0 Å². The van der Waals surface area contributed by atoms with Gasteiger partial charge >= 0.3 is 41.5 Å². The second-order valence-electron chi connectivity index (χ2n) is 7.25. The van der Waals surface area contributed by atoms with Crippen LogP contribution in [0.5, 0.6) is 0 Å². The molecule has 0 bridgehead atoms. The molecule has 0 radical (unpaired) electrons. The Morgan fingerprint density at radius 3 is 1.63 bits per heavy atom. The fourth-order valence-electron chi connectivity index (χ4n) is 2.62. The summed E-state index contributed by atoms with van der Waals surface area (Å²) in [5, 5.41) is 26.2. The third-order valence-electron chi connectivity index (χ3n) is 4.35. The third-order valence-corrected chi connectivity index (χ3v) is 4.35. The third kappa shape index (κ3) is 31.8. The van der Waals surface area contributed by atoms with Gasteiger partial charge in [0.1, 0.15) is 6.04 Å². The summed E-state index contributed by atoms with van der Waals surface area (Å²) >= 11 is 0. The minimum Gasteiger partial charge on any atom is -0.550 e. The van der Waals surface area contributed by atoms with Crippen molar-refractivity contribution in [2.75, 3.05) is 0 Å². The molecule has 1 atom stereocenters. The van der Waals surface area contributed by atoms with Crippen LogP contribution in [0.15, 0.2) is 12.2 Å². The van der Waals surface area contributed by atoms with Crippen molar-refractivity contribution in [1.29, 1.82) is 0 Å². The molecule has 30 heavy (non-hydrogen) atoms. The average Bonchev–Trinajstić information content (AvgIpc) is 2.64. The van der Waals surface area contributed by atoms with Gasteiger partial charge in [-0.25, -0.2) is 0 Å². The first-order valence-electron chi connectivity index (χ1n) is 10.9. The summed E-state index contributed by atoms with van der Waals surface area (Å²) in [6.07, 6.45) is 20.4. The van der Waals surface area contributed by atoms with E-state index in [4.69, 9.17) is 15.9 Å². The van der Waals surface area contributed by atoms with Crippen molar-refractivity contribution < 1.29 is 59.3 Å². The van der Waals surface area contributed by atoms with Crippen LogP contribution in [-0.2, 0) is 14.4 Å². The number of hydrogen-bond donors (Lipinski definition) is 3. The quantitative estimate of drug-likeness (QED) is 0.162. The van der Waals surface area contributed by atoms with Crippen LogP contribution in [0, 0.1) is 0 Å². The average molecular weight is 438 g/mol. The van der Waals surface area contributed by atoms with E-state index >= 15 is 0 Å². The minimum atomic E-state index is -1.29. The summed E-state index contributed by atoms with van der Waals surface area (Å²) < 4.78 is 0. The van der Waals surface area contributed by atoms with Crippen molar-refractivity contribution in [2.45, 2.75) is 109 Å². The second kappa shape index (κ2) is 26.1. The largest absolute Gasteiger partial charge is 1.00 e. The molecule has 7 nitrogen and oxygen atoms in total. The Labute approximate surface area is 203 Å². The van der Waals surface area contributed by atoms with E-state index in [0.29, 0.717) is 0 Å². The number of allylic oxidation sites excluding steroid dienone is 2. The molecule has 0 aromatic rings. The topological polar surface area (TPSA) is 141 Å². The smallest absolute Gasteiger partial charge is 0.550 e. The number of carboxylic acid groups (broad SMARTS) is 3. The predicted molar refractivity (Wildman–Crippen MR) is 112 cm³/mol. The van der Waals surface area contributed by atoms with Crippen molar-refractivity contribution in [1.82, 2.24) is 0 Å². The van der Waals surface area contributed by atoms with E-state index in [1.807, 2.05) is 0 Å². The maximum Gasteiger partial charge on any atom is 1.00 e. The molecule has 0 heterocycles. The van der Waals surface area contributed by atoms with Crippen LogP contribution in [0.3, 0.4) is 0 Å². The van der Waals surface area contributed by atoms with Crippen LogP contribution in [0.2, 0.25) is 0 Å². The van der Waals surface area contributed by atoms with Crippen LogP contribution in [0.4, 0.5) is 0 Å². The van der Waals surface area contributed by atoms with E-state index in [1.54, 1.807) is 0 Å². The maximum atomic E-state index is 10.2. The number of hydrogen-bond acceptors (Lipinski definition) is 5. The standard InChI is InChI=1S/C18H34O2.C4H7NO4.Na/c1-2-3-4-5-6-7-8-9-10-11-12-13-14-15-16-17-18(19)20;5-2(4(8)9)1-3(6)7;/h9-10H,2-8,11-17H2,1H3,(H,19,20);2H,1,5H2,(H,6,7)(H,8,9);/q;;+1/p-1/b10-9-;;. The van der Waals surface area contributed by atoms with E-state index in [9.17, 15) is 19.5 Å². The Morgan fingerprint density at radius 1 is 0.833 bits per heavy atom. The Kier molecular flexibility index (Phi) is 29.4. The summed E-state index contributed by atoms with van der Waals surface area (Å²) in [6, 6.07) is -1.29. The van der Waals surface area contributed by atoms with Gasteiger partial charge in [-0.2, -0.15) is 0 Å². The molecular weight excluding hydrogens is 397 g/mol. The predicted octanol–water partition coefficient (Wildman–Crippen LogP) is 0.651. The number of nitrogens with two attached hydrogens (primary N) is 1. The molecular formula is C22H40NNaO6. The molecule has 0 amide bonds. The van der Waals surface area contributed by atoms with Gasteiger partial charge in [0.25, 0.3) is 0 Å². The van der Waals surface area contributed by atoms with E-state index in [2.05, 4.69) is 19.1 Å². The first-order valence-corrected chi connectivity index (χ1v) is 10.9. The zero-order valence-corrected chi connectivity index (χ0v) is 20.9. The van der Waals surface area contributed by atoms with Gasteiger partial charge in [0.05, 0.1) is 6.42 Å². The summed E-state index contributed by atoms with van der Waals surface area (Å²) in [7, 11) is 0. The van der Waals surface area contributed by atoms with Gasteiger partial charge in [-0.15, -0.1) is 0 Å². The molecule has 8 heteroatoms. The Bertz CT molecular complexity index is 457.